The van der Waals surface area contributed by atoms with E-state index in [-0.39, 0.29) is 11.8 Å². The van der Waals surface area contributed by atoms with E-state index in [1.165, 1.54) is 0 Å². The first kappa shape index (κ1) is 12.6. The summed E-state index contributed by atoms with van der Waals surface area (Å²) < 4.78 is 0. The number of rotatable bonds is 4. The topological polar surface area (TPSA) is 63.4 Å². The molecule has 0 bridgehead atoms. The summed E-state index contributed by atoms with van der Waals surface area (Å²) >= 11 is 0. The first-order chi connectivity index (χ1) is 8.66. The highest BCUT2D eigenvalue weighted by Crippen LogP contribution is 2.21. The van der Waals surface area contributed by atoms with Crippen molar-refractivity contribution in [2.24, 2.45) is 5.73 Å². The van der Waals surface area contributed by atoms with Gasteiger partial charge in [-0.05, 0) is 37.0 Å². The Hall–Kier alpha value is -1.84. The van der Waals surface area contributed by atoms with Crippen LogP contribution in [0.2, 0.25) is 0 Å². The number of nitrogens with two attached hydrogens (primary N) is 1. The molecule has 1 heterocycles. The van der Waals surface area contributed by atoms with E-state index in [1.807, 2.05) is 29.2 Å². The maximum Gasteiger partial charge on any atom is 0.226 e. The van der Waals surface area contributed by atoms with Crippen LogP contribution >= 0.6 is 0 Å². The largest absolute Gasteiger partial charge is 0.370 e. The molecule has 0 spiro atoms. The van der Waals surface area contributed by atoms with Gasteiger partial charge in [0.05, 0.1) is 0 Å². The first-order valence-electron chi connectivity index (χ1n) is 6.34. The molecule has 2 rings (SSSR count). The van der Waals surface area contributed by atoms with Crippen molar-refractivity contribution in [2.45, 2.75) is 32.1 Å². The number of amides is 2. The Morgan fingerprint density at radius 1 is 1.22 bits per heavy atom. The van der Waals surface area contributed by atoms with Crippen LogP contribution in [0.4, 0.5) is 5.69 Å². The molecule has 4 heteroatoms. The molecule has 0 unspecified atom stereocenters. The molecule has 0 radical (unpaired) electrons. The summed E-state index contributed by atoms with van der Waals surface area (Å²) in [5, 5.41) is 0. The molecule has 18 heavy (non-hydrogen) atoms. The van der Waals surface area contributed by atoms with Crippen LogP contribution in [0.5, 0.6) is 0 Å². The van der Waals surface area contributed by atoms with Gasteiger partial charge < -0.3 is 10.6 Å². The Morgan fingerprint density at radius 2 is 1.94 bits per heavy atom. The Balaban J connectivity index is 2.02. The molecule has 1 fully saturated rings. The molecule has 0 aromatic heterocycles. The van der Waals surface area contributed by atoms with Crippen LogP contribution in [-0.2, 0) is 16.0 Å². The van der Waals surface area contributed by atoms with Crippen molar-refractivity contribution in [1.82, 2.24) is 0 Å². The molecule has 1 aromatic rings. The highest BCUT2D eigenvalue weighted by atomic mass is 16.2. The maximum atomic E-state index is 11.8. The van der Waals surface area contributed by atoms with Crippen molar-refractivity contribution in [2.75, 3.05) is 11.4 Å². The minimum Gasteiger partial charge on any atom is -0.370 e. The van der Waals surface area contributed by atoms with E-state index in [2.05, 4.69) is 0 Å². The normalized spacial score (nSPS) is 15.8. The average Bonchev–Trinajstić information content (AvgIpc) is 2.38. The fourth-order valence-electron chi connectivity index (χ4n) is 2.19. The van der Waals surface area contributed by atoms with Gasteiger partial charge in [-0.1, -0.05) is 12.1 Å². The lowest BCUT2D eigenvalue weighted by atomic mass is 10.1. The van der Waals surface area contributed by atoms with Crippen LogP contribution in [-0.4, -0.2) is 18.4 Å². The van der Waals surface area contributed by atoms with Gasteiger partial charge in [0.25, 0.3) is 0 Å². The number of primary amides is 1. The number of hydrogen-bond acceptors (Lipinski definition) is 2. The second-order valence-corrected chi connectivity index (χ2v) is 4.64. The predicted octanol–water partition coefficient (Wildman–Crippen LogP) is 1.62. The van der Waals surface area contributed by atoms with Gasteiger partial charge in [0, 0.05) is 25.1 Å². The third-order valence-corrected chi connectivity index (χ3v) is 3.23. The van der Waals surface area contributed by atoms with Crippen molar-refractivity contribution in [3.05, 3.63) is 29.8 Å². The zero-order valence-electron chi connectivity index (χ0n) is 10.4. The van der Waals surface area contributed by atoms with Crippen molar-refractivity contribution < 1.29 is 9.59 Å². The lowest BCUT2D eigenvalue weighted by Gasteiger charge is -2.26. The summed E-state index contributed by atoms with van der Waals surface area (Å²) in [5.41, 5.74) is 7.13. The summed E-state index contributed by atoms with van der Waals surface area (Å²) in [4.78, 5) is 24.3. The summed E-state index contributed by atoms with van der Waals surface area (Å²) in [7, 11) is 0. The second kappa shape index (κ2) is 5.67. The Morgan fingerprint density at radius 3 is 2.56 bits per heavy atom. The fourth-order valence-corrected chi connectivity index (χ4v) is 2.19. The number of piperidine rings is 1. The summed E-state index contributed by atoms with van der Waals surface area (Å²) in [6.07, 6.45) is 3.72. The maximum absolute atomic E-state index is 11.8. The fraction of sp³-hybridized carbons (Fsp3) is 0.429. The lowest BCUT2D eigenvalue weighted by molar-refractivity contribution is -0.119. The van der Waals surface area contributed by atoms with Gasteiger partial charge in [-0.25, -0.2) is 0 Å². The highest BCUT2D eigenvalue weighted by Gasteiger charge is 2.19. The number of carbonyl (C=O) groups is 2. The van der Waals surface area contributed by atoms with E-state index in [0.29, 0.717) is 19.3 Å². The standard InChI is InChI=1S/C14H18N2O2/c15-13(17)9-6-11-4-7-12(8-5-11)16-10-2-1-3-14(16)18/h4-5,7-8H,1-3,6,9-10H2,(H2,15,17). The number of aryl methyl sites for hydroxylation is 1. The zero-order valence-corrected chi connectivity index (χ0v) is 10.4. The van der Waals surface area contributed by atoms with Gasteiger partial charge in [-0.3, -0.25) is 9.59 Å². The van der Waals surface area contributed by atoms with Gasteiger partial charge in [0.1, 0.15) is 0 Å². The number of benzene rings is 1. The smallest absolute Gasteiger partial charge is 0.226 e. The quantitative estimate of drug-likeness (QED) is 0.877. The van der Waals surface area contributed by atoms with Crippen LogP contribution in [0.3, 0.4) is 0 Å². The molecule has 4 nitrogen and oxygen atoms in total. The van der Waals surface area contributed by atoms with Crippen molar-refractivity contribution in [3.8, 4) is 0 Å². The molecular formula is C14H18N2O2. The molecule has 1 aliphatic heterocycles. The van der Waals surface area contributed by atoms with Gasteiger partial charge >= 0.3 is 0 Å². The van der Waals surface area contributed by atoms with Crippen LogP contribution < -0.4 is 10.6 Å². The molecule has 1 aromatic carbocycles. The molecule has 1 saturated heterocycles. The number of anilines is 1. The minimum atomic E-state index is -0.287. The van der Waals surface area contributed by atoms with Gasteiger partial charge in [-0.2, -0.15) is 0 Å². The van der Waals surface area contributed by atoms with E-state index >= 15 is 0 Å². The minimum absolute atomic E-state index is 0.200. The van der Waals surface area contributed by atoms with Gasteiger partial charge in [0.2, 0.25) is 11.8 Å². The van der Waals surface area contributed by atoms with Crippen molar-refractivity contribution in [1.29, 1.82) is 0 Å². The second-order valence-electron chi connectivity index (χ2n) is 4.64. The van der Waals surface area contributed by atoms with E-state index in [1.54, 1.807) is 0 Å². The number of nitrogens with zero attached hydrogens (tertiary/aromatic N) is 1. The van der Waals surface area contributed by atoms with Crippen LogP contribution in [0, 0.1) is 0 Å². The number of carbonyl (C=O) groups excluding carboxylic acids is 2. The molecule has 2 N–H and O–H groups in total. The third-order valence-electron chi connectivity index (χ3n) is 3.23. The van der Waals surface area contributed by atoms with Crippen molar-refractivity contribution >= 4 is 17.5 Å². The predicted molar refractivity (Wildman–Crippen MR) is 70.2 cm³/mol. The molecule has 96 valence electrons. The Labute approximate surface area is 107 Å². The molecule has 0 aliphatic carbocycles. The zero-order chi connectivity index (χ0) is 13.0. The highest BCUT2D eigenvalue weighted by molar-refractivity contribution is 5.93. The van der Waals surface area contributed by atoms with Gasteiger partial charge in [-0.15, -0.1) is 0 Å². The van der Waals surface area contributed by atoms with E-state index in [9.17, 15) is 9.59 Å². The van der Waals surface area contributed by atoms with Crippen LogP contribution in [0.25, 0.3) is 0 Å². The molecule has 1 aliphatic rings. The van der Waals surface area contributed by atoms with E-state index < -0.39 is 0 Å². The summed E-state index contributed by atoms with van der Waals surface area (Å²) in [6.45, 7) is 0.805. The first-order valence-corrected chi connectivity index (χ1v) is 6.34. The lowest BCUT2D eigenvalue weighted by Crippen LogP contribution is -2.35. The van der Waals surface area contributed by atoms with Gasteiger partial charge in [0.15, 0.2) is 0 Å². The molecular weight excluding hydrogens is 228 g/mol. The molecule has 0 saturated carbocycles. The Kier molecular flexibility index (Phi) is 3.97. The van der Waals surface area contributed by atoms with E-state index in [0.717, 1.165) is 30.6 Å². The molecule has 2 amide bonds. The molecule has 0 atom stereocenters. The van der Waals surface area contributed by atoms with E-state index in [4.69, 9.17) is 5.73 Å². The SMILES string of the molecule is NC(=O)CCc1ccc(N2CCCCC2=O)cc1. The number of hydrogen-bond donors (Lipinski definition) is 1. The van der Waals surface area contributed by atoms with Crippen LogP contribution in [0.1, 0.15) is 31.2 Å². The monoisotopic (exact) mass is 246 g/mol. The summed E-state index contributed by atoms with van der Waals surface area (Å²) in [6, 6.07) is 7.80. The van der Waals surface area contributed by atoms with Crippen molar-refractivity contribution in [3.63, 3.8) is 0 Å². The third kappa shape index (κ3) is 3.09. The Bertz CT molecular complexity index is 440. The van der Waals surface area contributed by atoms with Crippen LogP contribution in [0.15, 0.2) is 24.3 Å². The average molecular weight is 246 g/mol. The summed E-state index contributed by atoms with van der Waals surface area (Å²) in [5.74, 6) is -0.0866.